The fraction of sp³-hybridized carbons (Fsp3) is 0.103. The predicted octanol–water partition coefficient (Wildman–Crippen LogP) is 6.78. The summed E-state index contributed by atoms with van der Waals surface area (Å²) in [4.78, 5) is 26.7. The molecule has 4 aromatic rings. The van der Waals surface area contributed by atoms with Crippen molar-refractivity contribution < 1.29 is 19.4 Å². The van der Waals surface area contributed by atoms with E-state index in [1.807, 2.05) is 43.3 Å². The zero-order valence-electron chi connectivity index (χ0n) is 18.6. The number of rotatable bonds is 5. The van der Waals surface area contributed by atoms with Gasteiger partial charge in [0.1, 0.15) is 6.61 Å². The van der Waals surface area contributed by atoms with Crippen LogP contribution in [0.4, 0.5) is 16.2 Å². The van der Waals surface area contributed by atoms with Crippen LogP contribution in [0.5, 0.6) is 0 Å². The summed E-state index contributed by atoms with van der Waals surface area (Å²) in [5.74, 6) is -1.20. The number of carbonyl (C=O) groups excluding carboxylic acids is 1. The molecule has 0 spiro atoms. The molecule has 1 aliphatic rings. The van der Waals surface area contributed by atoms with E-state index in [0.717, 1.165) is 27.8 Å². The number of hydrogen-bond donors (Lipinski definition) is 1. The highest BCUT2D eigenvalue weighted by Gasteiger charge is 2.31. The van der Waals surface area contributed by atoms with Gasteiger partial charge in [0.25, 0.3) is 0 Å². The molecule has 168 valence electrons. The molecule has 0 bridgehead atoms. The lowest BCUT2D eigenvalue weighted by Crippen LogP contribution is -2.29. The molecule has 5 heteroatoms. The molecular formula is C29H23NO4. The molecule has 0 aliphatic heterocycles. The molecule has 0 atom stereocenters. The van der Waals surface area contributed by atoms with Gasteiger partial charge in [0, 0.05) is 5.92 Å². The van der Waals surface area contributed by atoms with Crippen LogP contribution in [-0.4, -0.2) is 23.8 Å². The van der Waals surface area contributed by atoms with Crippen molar-refractivity contribution in [2.24, 2.45) is 0 Å². The van der Waals surface area contributed by atoms with Crippen molar-refractivity contribution in [1.82, 2.24) is 0 Å². The summed E-state index contributed by atoms with van der Waals surface area (Å²) >= 11 is 0. The fourth-order valence-electron chi connectivity index (χ4n) is 4.54. The lowest BCUT2D eigenvalue weighted by Gasteiger charge is -2.25. The number of fused-ring (bicyclic) bond motifs is 3. The summed E-state index contributed by atoms with van der Waals surface area (Å²) in [6.45, 7) is 2.09. The largest absolute Gasteiger partial charge is 0.478 e. The average molecular weight is 450 g/mol. The minimum atomic E-state index is -1.11. The molecule has 5 nitrogen and oxygen atoms in total. The lowest BCUT2D eigenvalue weighted by atomic mass is 9.98. The first kappa shape index (κ1) is 21.5. The number of benzene rings is 4. The molecule has 0 saturated heterocycles. The molecule has 0 saturated carbocycles. The van der Waals surface area contributed by atoms with Gasteiger partial charge in [-0.15, -0.1) is 0 Å². The molecular weight excluding hydrogens is 426 g/mol. The number of carboxylic acids is 1. The summed E-state index contributed by atoms with van der Waals surface area (Å²) in [5, 5.41) is 9.73. The van der Waals surface area contributed by atoms with Crippen LogP contribution in [0.1, 0.15) is 33.0 Å². The quantitative estimate of drug-likeness (QED) is 0.365. The van der Waals surface area contributed by atoms with E-state index in [1.165, 1.54) is 11.0 Å². The number of anilines is 2. The normalized spacial score (nSPS) is 12.0. The summed E-state index contributed by atoms with van der Waals surface area (Å²) in [7, 11) is 0. The summed E-state index contributed by atoms with van der Waals surface area (Å²) < 4.78 is 5.87. The van der Waals surface area contributed by atoms with Gasteiger partial charge in [-0.25, -0.2) is 14.5 Å². The third-order valence-electron chi connectivity index (χ3n) is 6.19. The molecule has 0 radical (unpaired) electrons. The Kier molecular flexibility index (Phi) is 5.60. The molecule has 34 heavy (non-hydrogen) atoms. The van der Waals surface area contributed by atoms with Crippen LogP contribution < -0.4 is 4.90 Å². The molecule has 1 aliphatic carbocycles. The SMILES string of the molecule is Cc1ccc(N(C(=O)OCC2c3ccccc3-c3ccccc32)c2ccccc2C(=O)O)cc1. The number of aryl methyl sites for hydroxylation is 1. The maximum atomic E-state index is 13.5. The van der Waals surface area contributed by atoms with Crippen molar-refractivity contribution in [2.45, 2.75) is 12.8 Å². The van der Waals surface area contributed by atoms with E-state index in [4.69, 9.17) is 4.74 Å². The Morgan fingerprint density at radius 3 is 1.97 bits per heavy atom. The molecule has 0 fully saturated rings. The zero-order valence-corrected chi connectivity index (χ0v) is 18.6. The molecule has 0 aromatic heterocycles. The van der Waals surface area contributed by atoms with E-state index < -0.39 is 12.1 Å². The number of hydrogen-bond acceptors (Lipinski definition) is 3. The number of aromatic carboxylic acids is 1. The van der Waals surface area contributed by atoms with Crippen LogP contribution >= 0.6 is 0 Å². The van der Waals surface area contributed by atoms with Crippen molar-refractivity contribution in [3.63, 3.8) is 0 Å². The highest BCUT2D eigenvalue weighted by molar-refractivity contribution is 6.04. The number of carbonyl (C=O) groups is 2. The minimum Gasteiger partial charge on any atom is -0.478 e. The summed E-state index contributed by atoms with van der Waals surface area (Å²) in [6, 6.07) is 30.0. The van der Waals surface area contributed by atoms with Crippen molar-refractivity contribution in [2.75, 3.05) is 11.5 Å². The van der Waals surface area contributed by atoms with Gasteiger partial charge in [0.2, 0.25) is 0 Å². The second-order valence-electron chi connectivity index (χ2n) is 8.30. The first-order valence-electron chi connectivity index (χ1n) is 11.1. The number of ether oxygens (including phenoxy) is 1. The average Bonchev–Trinajstić information content (AvgIpc) is 3.18. The topological polar surface area (TPSA) is 66.8 Å². The van der Waals surface area contributed by atoms with Crippen molar-refractivity contribution >= 4 is 23.4 Å². The van der Waals surface area contributed by atoms with Crippen molar-refractivity contribution in [1.29, 1.82) is 0 Å². The number of carboxylic acid groups (broad SMARTS) is 1. The standard InChI is InChI=1S/C29H23NO4/c1-19-14-16-20(17-15-19)30(27-13-7-6-12-25(27)28(31)32)29(33)34-18-26-23-10-4-2-8-21(23)22-9-3-5-11-24(22)26/h2-17,26H,18H2,1H3,(H,31,32). The maximum Gasteiger partial charge on any atom is 0.418 e. The maximum absolute atomic E-state index is 13.5. The van der Waals surface area contributed by atoms with E-state index in [-0.39, 0.29) is 23.8 Å². The van der Waals surface area contributed by atoms with Crippen molar-refractivity contribution in [3.8, 4) is 11.1 Å². The first-order valence-corrected chi connectivity index (χ1v) is 11.1. The summed E-state index contributed by atoms with van der Waals surface area (Å²) in [6.07, 6.45) is -0.626. The molecule has 0 heterocycles. The van der Waals surface area contributed by atoms with E-state index >= 15 is 0 Å². The third-order valence-corrected chi connectivity index (χ3v) is 6.19. The van der Waals surface area contributed by atoms with Crippen LogP contribution in [0.2, 0.25) is 0 Å². The zero-order chi connectivity index (χ0) is 23.7. The van der Waals surface area contributed by atoms with E-state index in [2.05, 4.69) is 24.3 Å². The van der Waals surface area contributed by atoms with Crippen LogP contribution in [-0.2, 0) is 4.74 Å². The van der Waals surface area contributed by atoms with Crippen LogP contribution in [0, 0.1) is 6.92 Å². The van der Waals surface area contributed by atoms with Gasteiger partial charge < -0.3 is 9.84 Å². The predicted molar refractivity (Wildman–Crippen MR) is 132 cm³/mol. The van der Waals surface area contributed by atoms with Gasteiger partial charge in [0.15, 0.2) is 0 Å². The smallest absolute Gasteiger partial charge is 0.418 e. The number of amides is 1. The fourth-order valence-corrected chi connectivity index (χ4v) is 4.54. The second-order valence-corrected chi connectivity index (χ2v) is 8.30. The minimum absolute atomic E-state index is 0.0246. The van der Waals surface area contributed by atoms with Crippen LogP contribution in [0.3, 0.4) is 0 Å². The van der Waals surface area contributed by atoms with E-state index in [0.29, 0.717) is 5.69 Å². The van der Waals surface area contributed by atoms with Crippen molar-refractivity contribution in [3.05, 3.63) is 119 Å². The Bertz CT molecular complexity index is 1330. The Hall–Kier alpha value is -4.38. The molecule has 4 aromatic carbocycles. The first-order chi connectivity index (χ1) is 16.5. The van der Waals surface area contributed by atoms with E-state index in [1.54, 1.807) is 30.3 Å². The highest BCUT2D eigenvalue weighted by Crippen LogP contribution is 2.44. The Labute approximate surface area is 197 Å². The van der Waals surface area contributed by atoms with Gasteiger partial charge in [-0.1, -0.05) is 78.4 Å². The Balaban J connectivity index is 1.49. The Morgan fingerprint density at radius 2 is 1.35 bits per heavy atom. The molecule has 0 unspecified atom stereocenters. The second kappa shape index (κ2) is 8.87. The highest BCUT2D eigenvalue weighted by atomic mass is 16.6. The van der Waals surface area contributed by atoms with Gasteiger partial charge in [-0.3, -0.25) is 0 Å². The van der Waals surface area contributed by atoms with E-state index in [9.17, 15) is 14.7 Å². The molecule has 1 amide bonds. The van der Waals surface area contributed by atoms with Crippen LogP contribution in [0.15, 0.2) is 97.1 Å². The summed E-state index contributed by atoms with van der Waals surface area (Å²) in [5.41, 5.74) is 6.37. The molecule has 1 N–H and O–H groups in total. The van der Waals surface area contributed by atoms with Gasteiger partial charge in [-0.2, -0.15) is 0 Å². The van der Waals surface area contributed by atoms with Gasteiger partial charge in [-0.05, 0) is 53.4 Å². The van der Waals surface area contributed by atoms with Crippen LogP contribution in [0.25, 0.3) is 11.1 Å². The third kappa shape index (κ3) is 3.82. The number of para-hydroxylation sites is 1. The molecule has 5 rings (SSSR count). The van der Waals surface area contributed by atoms with Gasteiger partial charge in [0.05, 0.1) is 16.9 Å². The van der Waals surface area contributed by atoms with Gasteiger partial charge >= 0.3 is 12.1 Å². The Morgan fingerprint density at radius 1 is 0.794 bits per heavy atom. The monoisotopic (exact) mass is 449 g/mol. The lowest BCUT2D eigenvalue weighted by molar-refractivity contribution is 0.0698. The number of nitrogens with zero attached hydrogens (tertiary/aromatic N) is 1.